The first-order valence-corrected chi connectivity index (χ1v) is 8.74. The standard InChI is InChI=1S/C18H30N2O2/c1-4-10-19(11-5-2)13-16-18(22)17(21)12-14(3)20(16)15-8-6-7-9-15/h12,15,22H,4-11,13H2,1-3H3. The molecule has 2 rings (SSSR count). The van der Waals surface area contributed by atoms with Crippen LogP contribution in [0.4, 0.5) is 0 Å². The van der Waals surface area contributed by atoms with Crippen molar-refractivity contribution in [3.05, 3.63) is 27.7 Å². The maximum Gasteiger partial charge on any atom is 0.223 e. The van der Waals surface area contributed by atoms with Crippen LogP contribution in [0.5, 0.6) is 5.75 Å². The molecule has 124 valence electrons. The van der Waals surface area contributed by atoms with E-state index in [-0.39, 0.29) is 11.2 Å². The summed E-state index contributed by atoms with van der Waals surface area (Å²) in [5.41, 5.74) is 1.56. The maximum atomic E-state index is 12.0. The minimum absolute atomic E-state index is 0.0466. The van der Waals surface area contributed by atoms with E-state index in [0.29, 0.717) is 12.6 Å². The fourth-order valence-electron chi connectivity index (χ4n) is 3.73. The molecule has 4 nitrogen and oxygen atoms in total. The molecular weight excluding hydrogens is 276 g/mol. The van der Waals surface area contributed by atoms with Gasteiger partial charge in [0, 0.05) is 24.3 Å². The highest BCUT2D eigenvalue weighted by molar-refractivity contribution is 5.30. The van der Waals surface area contributed by atoms with Gasteiger partial charge in [-0.15, -0.1) is 0 Å². The van der Waals surface area contributed by atoms with E-state index < -0.39 is 0 Å². The molecule has 0 atom stereocenters. The fourth-order valence-corrected chi connectivity index (χ4v) is 3.73. The van der Waals surface area contributed by atoms with Gasteiger partial charge in [-0.3, -0.25) is 9.69 Å². The van der Waals surface area contributed by atoms with Gasteiger partial charge in [-0.2, -0.15) is 0 Å². The zero-order valence-electron chi connectivity index (χ0n) is 14.3. The number of pyridine rings is 1. The molecule has 1 aromatic heterocycles. The van der Waals surface area contributed by atoms with E-state index in [1.54, 1.807) is 6.07 Å². The van der Waals surface area contributed by atoms with Crippen LogP contribution in [-0.2, 0) is 6.54 Å². The van der Waals surface area contributed by atoms with Crippen molar-refractivity contribution in [3.8, 4) is 5.75 Å². The van der Waals surface area contributed by atoms with Gasteiger partial charge in [0.2, 0.25) is 5.43 Å². The fraction of sp³-hybridized carbons (Fsp3) is 0.722. The molecule has 1 aromatic rings. The maximum absolute atomic E-state index is 12.0. The second-order valence-corrected chi connectivity index (χ2v) is 6.53. The highest BCUT2D eigenvalue weighted by Gasteiger charge is 2.24. The summed E-state index contributed by atoms with van der Waals surface area (Å²) < 4.78 is 2.24. The number of aromatic nitrogens is 1. The summed E-state index contributed by atoms with van der Waals surface area (Å²) in [6.07, 6.45) is 6.95. The van der Waals surface area contributed by atoms with Gasteiger partial charge in [-0.25, -0.2) is 0 Å². The molecule has 1 saturated carbocycles. The average molecular weight is 306 g/mol. The molecule has 0 radical (unpaired) electrons. The Hall–Kier alpha value is -1.29. The van der Waals surface area contributed by atoms with Crippen molar-refractivity contribution < 1.29 is 5.11 Å². The van der Waals surface area contributed by atoms with Crippen LogP contribution in [0.3, 0.4) is 0 Å². The first-order chi connectivity index (χ1) is 10.6. The Labute approximate surface area is 133 Å². The Kier molecular flexibility index (Phi) is 6.07. The normalized spacial score (nSPS) is 15.8. The molecule has 0 aromatic carbocycles. The molecule has 1 N–H and O–H groups in total. The molecule has 4 heteroatoms. The lowest BCUT2D eigenvalue weighted by Crippen LogP contribution is -2.29. The van der Waals surface area contributed by atoms with Gasteiger partial charge in [0.05, 0.1) is 5.69 Å². The largest absolute Gasteiger partial charge is 0.503 e. The molecule has 1 aliphatic carbocycles. The van der Waals surface area contributed by atoms with Crippen LogP contribution in [-0.4, -0.2) is 27.7 Å². The zero-order valence-corrected chi connectivity index (χ0v) is 14.3. The number of hydrogen-bond donors (Lipinski definition) is 1. The SMILES string of the molecule is CCCN(CCC)Cc1c(O)c(=O)cc(C)n1C1CCCC1. The van der Waals surface area contributed by atoms with Crippen LogP contribution in [0.1, 0.15) is 69.8 Å². The van der Waals surface area contributed by atoms with Crippen LogP contribution in [0.2, 0.25) is 0 Å². The van der Waals surface area contributed by atoms with E-state index in [1.807, 2.05) is 6.92 Å². The predicted molar refractivity (Wildman–Crippen MR) is 90.5 cm³/mol. The summed E-state index contributed by atoms with van der Waals surface area (Å²) in [5, 5.41) is 10.4. The minimum atomic E-state index is -0.241. The molecule has 22 heavy (non-hydrogen) atoms. The third-order valence-electron chi connectivity index (χ3n) is 4.66. The highest BCUT2D eigenvalue weighted by atomic mass is 16.3. The quantitative estimate of drug-likeness (QED) is 0.837. The van der Waals surface area contributed by atoms with Gasteiger partial charge in [-0.05, 0) is 45.7 Å². The monoisotopic (exact) mass is 306 g/mol. The van der Waals surface area contributed by atoms with Crippen LogP contribution < -0.4 is 5.43 Å². The third kappa shape index (κ3) is 3.72. The third-order valence-corrected chi connectivity index (χ3v) is 4.66. The van der Waals surface area contributed by atoms with Gasteiger partial charge < -0.3 is 9.67 Å². The van der Waals surface area contributed by atoms with Gasteiger partial charge in [0.25, 0.3) is 0 Å². The van der Waals surface area contributed by atoms with Crippen molar-refractivity contribution in [1.29, 1.82) is 0 Å². The Balaban J connectivity index is 2.40. The van der Waals surface area contributed by atoms with Crippen LogP contribution in [0, 0.1) is 6.92 Å². The molecule has 0 unspecified atom stereocenters. The van der Waals surface area contributed by atoms with E-state index in [9.17, 15) is 9.90 Å². The number of aryl methyl sites for hydroxylation is 1. The first-order valence-electron chi connectivity index (χ1n) is 8.74. The predicted octanol–water partition coefficient (Wildman–Crippen LogP) is 3.60. The van der Waals surface area contributed by atoms with Crippen molar-refractivity contribution in [2.75, 3.05) is 13.1 Å². The second-order valence-electron chi connectivity index (χ2n) is 6.53. The molecule has 0 spiro atoms. The molecule has 0 aliphatic heterocycles. The van der Waals surface area contributed by atoms with Crippen LogP contribution in [0.15, 0.2) is 10.9 Å². The van der Waals surface area contributed by atoms with E-state index in [4.69, 9.17) is 0 Å². The molecule has 0 saturated heterocycles. The molecule has 1 aliphatic rings. The van der Waals surface area contributed by atoms with E-state index in [1.165, 1.54) is 12.8 Å². The second kappa shape index (κ2) is 7.82. The summed E-state index contributed by atoms with van der Waals surface area (Å²) in [5.74, 6) is -0.0466. The number of nitrogens with zero attached hydrogens (tertiary/aromatic N) is 2. The number of hydrogen-bond acceptors (Lipinski definition) is 3. The molecule has 0 bridgehead atoms. The van der Waals surface area contributed by atoms with E-state index in [2.05, 4.69) is 23.3 Å². The van der Waals surface area contributed by atoms with E-state index >= 15 is 0 Å². The van der Waals surface area contributed by atoms with Crippen molar-refractivity contribution in [2.24, 2.45) is 0 Å². The summed E-state index contributed by atoms with van der Waals surface area (Å²) in [6, 6.07) is 2.02. The van der Waals surface area contributed by atoms with Crippen molar-refractivity contribution in [3.63, 3.8) is 0 Å². The molecule has 1 fully saturated rings. The summed E-state index contributed by atoms with van der Waals surface area (Å²) in [7, 11) is 0. The minimum Gasteiger partial charge on any atom is -0.503 e. The van der Waals surface area contributed by atoms with Gasteiger partial charge in [-0.1, -0.05) is 26.7 Å². The van der Waals surface area contributed by atoms with Gasteiger partial charge >= 0.3 is 0 Å². The summed E-state index contributed by atoms with van der Waals surface area (Å²) in [6.45, 7) is 9.00. The summed E-state index contributed by atoms with van der Waals surface area (Å²) >= 11 is 0. The van der Waals surface area contributed by atoms with Crippen molar-refractivity contribution >= 4 is 0 Å². The van der Waals surface area contributed by atoms with Gasteiger partial charge in [0.15, 0.2) is 5.75 Å². The van der Waals surface area contributed by atoms with Crippen molar-refractivity contribution in [1.82, 2.24) is 9.47 Å². The van der Waals surface area contributed by atoms with Crippen LogP contribution in [0.25, 0.3) is 0 Å². The molecular formula is C18H30N2O2. The topological polar surface area (TPSA) is 45.5 Å². The Morgan fingerprint density at radius 3 is 2.36 bits per heavy atom. The van der Waals surface area contributed by atoms with Gasteiger partial charge in [0.1, 0.15) is 0 Å². The molecule has 0 amide bonds. The Morgan fingerprint density at radius 1 is 1.23 bits per heavy atom. The Morgan fingerprint density at radius 2 is 1.82 bits per heavy atom. The lowest BCUT2D eigenvalue weighted by molar-refractivity contribution is 0.249. The Bertz CT molecular complexity index is 539. The average Bonchev–Trinajstić information content (AvgIpc) is 2.99. The lowest BCUT2D eigenvalue weighted by atomic mass is 10.1. The molecule has 1 heterocycles. The van der Waals surface area contributed by atoms with Crippen molar-refractivity contribution in [2.45, 2.75) is 71.9 Å². The highest BCUT2D eigenvalue weighted by Crippen LogP contribution is 2.33. The zero-order chi connectivity index (χ0) is 16.1. The van der Waals surface area contributed by atoms with Crippen LogP contribution >= 0.6 is 0 Å². The van der Waals surface area contributed by atoms with E-state index in [0.717, 1.165) is 50.2 Å². The number of rotatable bonds is 7. The number of aromatic hydroxyl groups is 1. The summed E-state index contributed by atoms with van der Waals surface area (Å²) in [4.78, 5) is 14.4. The smallest absolute Gasteiger partial charge is 0.223 e. The lowest BCUT2D eigenvalue weighted by Gasteiger charge is -2.28. The first kappa shape index (κ1) is 17.1.